The summed E-state index contributed by atoms with van der Waals surface area (Å²) in [7, 11) is 0. The Balaban J connectivity index is 2.32. The molecule has 1 aromatic rings. The molecule has 0 unspecified atom stereocenters. The van der Waals surface area contributed by atoms with E-state index in [-0.39, 0.29) is 0 Å². The smallest absolute Gasteiger partial charge is 0.188 e. The summed E-state index contributed by atoms with van der Waals surface area (Å²) in [6.45, 7) is 9.52. The highest BCUT2D eigenvalue weighted by molar-refractivity contribution is 5.77. The Morgan fingerprint density at radius 3 is 2.53 bits per heavy atom. The predicted octanol–water partition coefficient (Wildman–Crippen LogP) is 2.39. The number of nitrogens with zero attached hydrogens (tertiary/aromatic N) is 1. The first-order valence-corrected chi connectivity index (χ1v) is 6.76. The Hall–Kier alpha value is -1.71. The van der Waals surface area contributed by atoms with E-state index in [2.05, 4.69) is 36.3 Å². The van der Waals surface area contributed by atoms with E-state index in [4.69, 9.17) is 10.5 Å². The molecule has 4 nitrogen and oxygen atoms in total. The van der Waals surface area contributed by atoms with Gasteiger partial charge in [-0.2, -0.15) is 0 Å². The maximum absolute atomic E-state index is 5.80. The second kappa shape index (κ2) is 7.67. The second-order valence-corrected chi connectivity index (χ2v) is 4.99. The van der Waals surface area contributed by atoms with Crippen LogP contribution in [0.5, 0.6) is 5.75 Å². The molecule has 0 saturated heterocycles. The molecule has 0 spiro atoms. The van der Waals surface area contributed by atoms with Gasteiger partial charge in [0.05, 0.1) is 6.61 Å². The molecule has 0 aliphatic carbocycles. The number of aryl methyl sites for hydroxylation is 2. The fourth-order valence-electron chi connectivity index (χ4n) is 1.81. The monoisotopic (exact) mass is 263 g/mol. The number of hydrogen-bond donors (Lipinski definition) is 2. The van der Waals surface area contributed by atoms with Crippen molar-refractivity contribution in [3.05, 3.63) is 29.3 Å². The van der Waals surface area contributed by atoms with E-state index >= 15 is 0 Å². The maximum atomic E-state index is 5.80. The molecule has 0 aromatic heterocycles. The van der Waals surface area contributed by atoms with Crippen molar-refractivity contribution >= 4 is 5.96 Å². The number of rotatable bonds is 6. The van der Waals surface area contributed by atoms with Crippen molar-refractivity contribution in [3.63, 3.8) is 0 Å². The Morgan fingerprint density at radius 2 is 1.95 bits per heavy atom. The number of guanidine groups is 1. The molecule has 0 fully saturated rings. The normalized spacial score (nSPS) is 11.7. The van der Waals surface area contributed by atoms with Gasteiger partial charge >= 0.3 is 0 Å². The van der Waals surface area contributed by atoms with E-state index < -0.39 is 0 Å². The van der Waals surface area contributed by atoms with Crippen molar-refractivity contribution in [1.29, 1.82) is 0 Å². The zero-order valence-corrected chi connectivity index (χ0v) is 12.4. The van der Waals surface area contributed by atoms with E-state index in [0.29, 0.717) is 25.2 Å². The van der Waals surface area contributed by atoms with Gasteiger partial charge in [0.2, 0.25) is 0 Å². The quantitative estimate of drug-likeness (QED) is 0.470. The van der Waals surface area contributed by atoms with Gasteiger partial charge in [0.1, 0.15) is 5.75 Å². The van der Waals surface area contributed by atoms with E-state index in [0.717, 1.165) is 12.2 Å². The second-order valence-electron chi connectivity index (χ2n) is 4.99. The van der Waals surface area contributed by atoms with Crippen LogP contribution in [0.3, 0.4) is 0 Å². The molecule has 0 saturated carbocycles. The molecule has 1 aromatic carbocycles. The lowest BCUT2D eigenvalue weighted by molar-refractivity contribution is 0.309. The molecule has 19 heavy (non-hydrogen) atoms. The number of nitrogens with two attached hydrogens (primary N) is 1. The van der Waals surface area contributed by atoms with Crippen molar-refractivity contribution in [2.45, 2.75) is 40.2 Å². The van der Waals surface area contributed by atoms with Crippen LogP contribution in [0.25, 0.3) is 0 Å². The minimum atomic E-state index is 0.314. The molecule has 0 aliphatic rings. The maximum Gasteiger partial charge on any atom is 0.188 e. The third kappa shape index (κ3) is 5.64. The van der Waals surface area contributed by atoms with Crippen molar-refractivity contribution in [1.82, 2.24) is 5.32 Å². The molecule has 0 amide bonds. The van der Waals surface area contributed by atoms with Crippen LogP contribution in [0.2, 0.25) is 0 Å². The summed E-state index contributed by atoms with van der Waals surface area (Å²) < 4.78 is 5.80. The van der Waals surface area contributed by atoms with Gasteiger partial charge in [-0.3, -0.25) is 4.99 Å². The highest BCUT2D eigenvalue weighted by Crippen LogP contribution is 2.22. The van der Waals surface area contributed by atoms with Crippen LogP contribution in [-0.4, -0.2) is 25.2 Å². The van der Waals surface area contributed by atoms with Crippen LogP contribution in [-0.2, 0) is 0 Å². The number of ether oxygens (including phenoxy) is 1. The molecule has 106 valence electrons. The Kier molecular flexibility index (Phi) is 6.19. The van der Waals surface area contributed by atoms with Crippen LogP contribution < -0.4 is 15.8 Å². The first kappa shape index (κ1) is 15.3. The summed E-state index contributed by atoms with van der Waals surface area (Å²) in [6, 6.07) is 6.48. The van der Waals surface area contributed by atoms with Crippen LogP contribution in [0.15, 0.2) is 23.2 Å². The van der Waals surface area contributed by atoms with Crippen molar-refractivity contribution < 1.29 is 4.74 Å². The average Bonchev–Trinajstić information content (AvgIpc) is 2.31. The van der Waals surface area contributed by atoms with Crippen molar-refractivity contribution in [2.24, 2.45) is 10.7 Å². The third-order valence-corrected chi connectivity index (χ3v) is 2.68. The molecular formula is C15H25N3O. The number of aliphatic imine (C=N–C) groups is 1. The lowest BCUT2D eigenvalue weighted by atomic mass is 10.1. The highest BCUT2D eigenvalue weighted by atomic mass is 16.5. The van der Waals surface area contributed by atoms with Gasteiger partial charge in [-0.1, -0.05) is 18.2 Å². The molecule has 0 bridgehead atoms. The summed E-state index contributed by atoms with van der Waals surface area (Å²) in [4.78, 5) is 4.24. The predicted molar refractivity (Wildman–Crippen MR) is 80.8 cm³/mol. The zero-order chi connectivity index (χ0) is 14.3. The summed E-state index contributed by atoms with van der Waals surface area (Å²) >= 11 is 0. The molecule has 0 aliphatic heterocycles. The molecule has 0 atom stereocenters. The molecular weight excluding hydrogens is 238 g/mol. The third-order valence-electron chi connectivity index (χ3n) is 2.68. The topological polar surface area (TPSA) is 59.6 Å². The van der Waals surface area contributed by atoms with Crippen LogP contribution >= 0.6 is 0 Å². The van der Waals surface area contributed by atoms with E-state index in [1.54, 1.807) is 0 Å². The highest BCUT2D eigenvalue weighted by Gasteiger charge is 2.02. The number of para-hydroxylation sites is 1. The van der Waals surface area contributed by atoms with Crippen molar-refractivity contribution in [3.8, 4) is 5.75 Å². The number of hydrogen-bond acceptors (Lipinski definition) is 2. The SMILES string of the molecule is Cc1cccc(C)c1OCCCN=C(N)NC(C)C. The first-order chi connectivity index (χ1) is 9.00. The van der Waals surface area contributed by atoms with Crippen LogP contribution in [0.1, 0.15) is 31.4 Å². The summed E-state index contributed by atoms with van der Waals surface area (Å²) in [6.07, 6.45) is 0.855. The Morgan fingerprint density at radius 1 is 1.32 bits per heavy atom. The fraction of sp³-hybridized carbons (Fsp3) is 0.533. The van der Waals surface area contributed by atoms with E-state index in [1.807, 2.05) is 19.9 Å². The van der Waals surface area contributed by atoms with Gasteiger partial charge in [-0.05, 0) is 38.8 Å². The lowest BCUT2D eigenvalue weighted by Crippen LogP contribution is -2.36. The largest absolute Gasteiger partial charge is 0.493 e. The number of nitrogens with one attached hydrogen (secondary N) is 1. The van der Waals surface area contributed by atoms with E-state index in [1.165, 1.54) is 11.1 Å². The summed E-state index contributed by atoms with van der Waals surface area (Å²) in [5, 5.41) is 3.06. The van der Waals surface area contributed by atoms with Gasteiger partial charge in [0.15, 0.2) is 5.96 Å². The molecule has 4 heteroatoms. The van der Waals surface area contributed by atoms with Gasteiger partial charge in [0.25, 0.3) is 0 Å². The van der Waals surface area contributed by atoms with Gasteiger partial charge < -0.3 is 15.8 Å². The van der Waals surface area contributed by atoms with Crippen molar-refractivity contribution in [2.75, 3.05) is 13.2 Å². The van der Waals surface area contributed by atoms with Crippen LogP contribution in [0, 0.1) is 13.8 Å². The summed E-state index contributed by atoms with van der Waals surface area (Å²) in [5.74, 6) is 1.49. The van der Waals surface area contributed by atoms with Gasteiger partial charge in [-0.15, -0.1) is 0 Å². The van der Waals surface area contributed by atoms with E-state index in [9.17, 15) is 0 Å². The average molecular weight is 263 g/mol. The standard InChI is InChI=1S/C15H25N3O/c1-11(2)18-15(16)17-9-6-10-19-14-12(3)7-5-8-13(14)4/h5,7-8,11H,6,9-10H2,1-4H3,(H3,16,17,18). The molecule has 0 radical (unpaired) electrons. The Labute approximate surface area is 116 Å². The molecule has 1 rings (SSSR count). The summed E-state index contributed by atoms with van der Waals surface area (Å²) in [5.41, 5.74) is 8.06. The Bertz CT molecular complexity index is 407. The number of benzene rings is 1. The van der Waals surface area contributed by atoms with Gasteiger partial charge in [0, 0.05) is 19.0 Å². The fourth-order valence-corrected chi connectivity index (χ4v) is 1.81. The molecule has 3 N–H and O–H groups in total. The molecule has 0 heterocycles. The van der Waals surface area contributed by atoms with Crippen LogP contribution in [0.4, 0.5) is 0 Å². The minimum Gasteiger partial charge on any atom is -0.493 e. The minimum absolute atomic E-state index is 0.314. The zero-order valence-electron chi connectivity index (χ0n) is 12.4. The van der Waals surface area contributed by atoms with Gasteiger partial charge in [-0.25, -0.2) is 0 Å². The lowest BCUT2D eigenvalue weighted by Gasteiger charge is -2.11. The first-order valence-electron chi connectivity index (χ1n) is 6.76.